The largest absolute Gasteiger partial charge is 0.486 e. The van der Waals surface area contributed by atoms with Gasteiger partial charge in [0.25, 0.3) is 10.9 Å². The molecule has 178 valence electrons. The minimum absolute atomic E-state index is 0.258. The van der Waals surface area contributed by atoms with E-state index in [0.29, 0.717) is 24.8 Å². The summed E-state index contributed by atoms with van der Waals surface area (Å²) >= 11 is 0. The summed E-state index contributed by atoms with van der Waals surface area (Å²) in [5, 5.41) is 4.89. The average molecular weight is 475 g/mol. The molecule has 33 heavy (non-hydrogen) atoms. The number of likely N-dealkylation sites (tertiary alicyclic amines) is 1. The highest BCUT2D eigenvalue weighted by atomic mass is 32.2. The van der Waals surface area contributed by atoms with Crippen molar-refractivity contribution in [3.05, 3.63) is 35.2 Å². The number of amides is 3. The second-order valence-corrected chi connectivity index (χ2v) is 10.0. The standard InChI is InChI=1S/C23H31N5O4S/c24-21(29)18-6-15-33(22(18)26-23(25)30)20-5-4-17(28-10-12-31-13-11-28)16-19(20)32-14-9-27-7-2-1-3-8-27/h4-6,15-16H,1-3,7-14H2,(H4-,24,25,26,29,30)/p+1. The third-order valence-corrected chi connectivity index (χ3v) is 7.97. The predicted octanol–water partition coefficient (Wildman–Crippen LogP) is 2.72. The summed E-state index contributed by atoms with van der Waals surface area (Å²) in [4.78, 5) is 29.1. The molecule has 1 unspecified atom stereocenters. The second-order valence-electron chi connectivity index (χ2n) is 8.22. The van der Waals surface area contributed by atoms with Gasteiger partial charge in [-0.1, -0.05) is 6.42 Å². The first-order valence-corrected chi connectivity index (χ1v) is 12.7. The molecule has 0 radical (unpaired) electrons. The Morgan fingerprint density at radius 2 is 1.82 bits per heavy atom. The fourth-order valence-electron chi connectivity index (χ4n) is 4.29. The van der Waals surface area contributed by atoms with Crippen LogP contribution in [0.15, 0.2) is 29.6 Å². The zero-order chi connectivity index (χ0) is 23.2. The van der Waals surface area contributed by atoms with Gasteiger partial charge < -0.3 is 25.8 Å². The minimum atomic E-state index is -0.734. The Kier molecular flexibility index (Phi) is 7.69. The zero-order valence-electron chi connectivity index (χ0n) is 18.8. The Morgan fingerprint density at radius 3 is 2.52 bits per heavy atom. The van der Waals surface area contributed by atoms with Crippen molar-refractivity contribution >= 4 is 33.1 Å². The van der Waals surface area contributed by atoms with Gasteiger partial charge in [0.1, 0.15) is 17.6 Å². The average Bonchev–Trinajstić information content (AvgIpc) is 3.23. The van der Waals surface area contributed by atoms with Crippen molar-refractivity contribution in [2.45, 2.75) is 19.3 Å². The highest BCUT2D eigenvalue weighted by Gasteiger charge is 2.30. The first kappa shape index (κ1) is 23.3. The number of nitrogens with one attached hydrogen (secondary N) is 1. The molecule has 4 rings (SSSR count). The van der Waals surface area contributed by atoms with Crippen LogP contribution >= 0.6 is 10.5 Å². The minimum Gasteiger partial charge on any atom is -0.486 e. The molecule has 3 amide bonds. The van der Waals surface area contributed by atoms with Gasteiger partial charge >= 0.3 is 6.03 Å². The monoisotopic (exact) mass is 474 g/mol. The smallest absolute Gasteiger partial charge is 0.320 e. The van der Waals surface area contributed by atoms with E-state index in [-0.39, 0.29) is 5.56 Å². The van der Waals surface area contributed by atoms with Gasteiger partial charge in [-0.25, -0.2) is 4.79 Å². The van der Waals surface area contributed by atoms with Gasteiger partial charge in [-0.05, 0) is 32.0 Å². The number of morpholine rings is 1. The fourth-order valence-corrected chi connectivity index (χ4v) is 6.23. The maximum Gasteiger partial charge on any atom is 0.320 e. The number of anilines is 2. The van der Waals surface area contributed by atoms with Crippen LogP contribution in [0.3, 0.4) is 0 Å². The van der Waals surface area contributed by atoms with Gasteiger partial charge in [0.2, 0.25) is 4.90 Å². The Bertz CT molecular complexity index is 983. The van der Waals surface area contributed by atoms with Gasteiger partial charge in [0.15, 0.2) is 5.75 Å². The van der Waals surface area contributed by atoms with Gasteiger partial charge in [-0.15, -0.1) is 0 Å². The van der Waals surface area contributed by atoms with E-state index in [1.54, 1.807) is 6.07 Å². The lowest BCUT2D eigenvalue weighted by atomic mass is 10.1. The van der Waals surface area contributed by atoms with Crippen molar-refractivity contribution in [3.63, 3.8) is 0 Å². The number of hydrogen-bond donors (Lipinski definition) is 3. The summed E-state index contributed by atoms with van der Waals surface area (Å²) in [6.45, 7) is 6.65. The number of nitrogens with two attached hydrogens (primary N) is 2. The van der Waals surface area contributed by atoms with Crippen LogP contribution in [0.1, 0.15) is 29.6 Å². The maximum absolute atomic E-state index is 11.9. The number of rotatable bonds is 8. The number of benzene rings is 1. The molecule has 0 aliphatic carbocycles. The molecule has 9 nitrogen and oxygen atoms in total. The van der Waals surface area contributed by atoms with E-state index in [1.807, 2.05) is 23.6 Å². The first-order chi connectivity index (χ1) is 16.0. The van der Waals surface area contributed by atoms with Crippen LogP contribution in [0.25, 0.3) is 4.90 Å². The molecule has 2 aliphatic heterocycles. The van der Waals surface area contributed by atoms with Crippen molar-refractivity contribution in [1.29, 1.82) is 0 Å². The van der Waals surface area contributed by atoms with Crippen molar-refractivity contribution in [2.75, 3.05) is 62.8 Å². The van der Waals surface area contributed by atoms with E-state index in [9.17, 15) is 9.59 Å². The first-order valence-electron chi connectivity index (χ1n) is 11.4. The number of primary amides is 2. The molecule has 5 N–H and O–H groups in total. The van der Waals surface area contributed by atoms with Crippen LogP contribution in [-0.2, 0) is 4.74 Å². The summed E-state index contributed by atoms with van der Waals surface area (Å²) < 4.78 is 11.8. The van der Waals surface area contributed by atoms with Crippen molar-refractivity contribution in [3.8, 4) is 10.6 Å². The van der Waals surface area contributed by atoms with Crippen molar-refractivity contribution in [2.24, 2.45) is 11.5 Å². The highest BCUT2D eigenvalue weighted by molar-refractivity contribution is 7.42. The predicted molar refractivity (Wildman–Crippen MR) is 131 cm³/mol. The summed E-state index contributed by atoms with van der Waals surface area (Å²) in [6.07, 6.45) is 3.76. The molecule has 10 heteroatoms. The van der Waals surface area contributed by atoms with Gasteiger partial charge in [-0.3, -0.25) is 15.0 Å². The van der Waals surface area contributed by atoms with Crippen LogP contribution in [0.4, 0.5) is 15.5 Å². The number of nitrogens with zero attached hydrogens (tertiary/aromatic N) is 2. The molecule has 2 aliphatic rings. The summed E-state index contributed by atoms with van der Waals surface area (Å²) in [6, 6.07) is 7.00. The highest BCUT2D eigenvalue weighted by Crippen LogP contribution is 2.47. The topological polar surface area (TPSA) is 123 Å². The fraction of sp³-hybridized carbons (Fsp3) is 0.478. The number of thiophene rings is 1. The van der Waals surface area contributed by atoms with Crippen LogP contribution in [0.5, 0.6) is 5.75 Å². The van der Waals surface area contributed by atoms with Crippen LogP contribution in [0, 0.1) is 0 Å². The summed E-state index contributed by atoms with van der Waals surface area (Å²) in [5.41, 5.74) is 12.2. The number of piperidine rings is 1. The number of carbonyl (C=O) groups excluding carboxylic acids is 2. The van der Waals surface area contributed by atoms with Crippen molar-refractivity contribution < 1.29 is 19.1 Å². The van der Waals surface area contributed by atoms with E-state index in [2.05, 4.69) is 15.1 Å². The lowest BCUT2D eigenvalue weighted by molar-refractivity contribution is 0.100. The molecular formula is C23H32N5O4S+. The lowest BCUT2D eigenvalue weighted by Gasteiger charge is -2.29. The zero-order valence-corrected chi connectivity index (χ0v) is 19.6. The Hall–Kier alpha value is -2.82. The van der Waals surface area contributed by atoms with Crippen molar-refractivity contribution in [1.82, 2.24) is 4.90 Å². The van der Waals surface area contributed by atoms with E-state index < -0.39 is 22.4 Å². The van der Waals surface area contributed by atoms with E-state index in [4.69, 9.17) is 20.9 Å². The molecule has 0 bridgehead atoms. The second kappa shape index (κ2) is 10.9. The molecule has 1 aromatic carbocycles. The molecule has 2 saturated heterocycles. The molecular weight excluding hydrogens is 442 g/mol. The molecule has 1 atom stereocenters. The summed E-state index contributed by atoms with van der Waals surface area (Å²) in [5.74, 6) is 0.126. The molecule has 0 spiro atoms. The van der Waals surface area contributed by atoms with E-state index in [0.717, 1.165) is 49.1 Å². The molecule has 0 saturated carbocycles. The van der Waals surface area contributed by atoms with E-state index >= 15 is 0 Å². The molecule has 1 aromatic heterocycles. The Balaban J connectivity index is 1.64. The number of urea groups is 1. The third kappa shape index (κ3) is 5.76. The molecule has 2 aromatic rings. The van der Waals surface area contributed by atoms with Gasteiger partial charge in [0.05, 0.1) is 13.2 Å². The van der Waals surface area contributed by atoms with Gasteiger partial charge in [-0.2, -0.15) is 0 Å². The number of carbonyl (C=O) groups is 2. The van der Waals surface area contributed by atoms with Crippen LogP contribution < -0.4 is 26.4 Å². The maximum atomic E-state index is 11.9. The van der Waals surface area contributed by atoms with E-state index in [1.165, 1.54) is 19.3 Å². The molecule has 2 fully saturated rings. The van der Waals surface area contributed by atoms with Gasteiger partial charge in [0, 0.05) is 54.0 Å². The van der Waals surface area contributed by atoms with Crippen LogP contribution in [0.2, 0.25) is 0 Å². The SMILES string of the molecule is NC(=O)Nc1c(C(N)=O)cc[s+]1-c1ccc(N2CCOCC2)cc1OCCN1CCCCC1. The number of ether oxygens (including phenoxy) is 2. The normalized spacial score (nSPS) is 17.6. The molecule has 3 heterocycles. The number of hydrogen-bond acceptors (Lipinski definition) is 6. The third-order valence-electron chi connectivity index (χ3n) is 5.99. The Labute approximate surface area is 196 Å². The Morgan fingerprint density at radius 1 is 1.06 bits per heavy atom. The lowest BCUT2D eigenvalue weighted by Crippen LogP contribution is -2.36. The quantitative estimate of drug-likeness (QED) is 0.506. The summed E-state index contributed by atoms with van der Waals surface area (Å²) in [7, 11) is -0.728. The van der Waals surface area contributed by atoms with Crippen LogP contribution in [-0.4, -0.2) is 69.4 Å².